The Bertz CT molecular complexity index is 2220. The van der Waals surface area contributed by atoms with Crippen LogP contribution in [-0.4, -0.2) is 41.2 Å². The summed E-state index contributed by atoms with van der Waals surface area (Å²) in [7, 11) is -6.02. The average molecular weight is 784 g/mol. The van der Waals surface area contributed by atoms with Gasteiger partial charge < -0.3 is 10.0 Å². The summed E-state index contributed by atoms with van der Waals surface area (Å²) < 4.78 is 142. The van der Waals surface area contributed by atoms with Gasteiger partial charge >= 0.3 is 12.1 Å². The molecule has 0 aliphatic heterocycles. The SMILES string of the molecule is Cc1cc(C(=O)O)ccc1N(Cc1cc(C2CC2)cc(C(C)(C)C)c1)C(=O)CN(Cc1cnccc1C(F)(F)F)S(=O)(=O)c1c(F)c(F)c(F)c(F)c1F. The first-order valence-electron chi connectivity index (χ1n) is 16.3. The van der Waals surface area contributed by atoms with E-state index in [1.54, 1.807) is 6.07 Å². The number of carbonyl (C=O) groups excluding carboxylic acids is 1. The molecule has 8 nitrogen and oxygen atoms in total. The van der Waals surface area contributed by atoms with E-state index in [1.165, 1.54) is 19.1 Å². The molecule has 1 amide bonds. The highest BCUT2D eigenvalue weighted by Gasteiger charge is 2.41. The van der Waals surface area contributed by atoms with Crippen LogP contribution < -0.4 is 4.90 Å². The average Bonchev–Trinajstić information content (AvgIpc) is 3.94. The number of carbonyl (C=O) groups is 2. The summed E-state index contributed by atoms with van der Waals surface area (Å²) in [6.07, 6.45) is -2.01. The zero-order chi connectivity index (χ0) is 40.1. The minimum absolute atomic E-state index is 0.0325. The van der Waals surface area contributed by atoms with Gasteiger partial charge in [-0.25, -0.2) is 35.2 Å². The third kappa shape index (κ3) is 8.26. The fourth-order valence-corrected chi connectivity index (χ4v) is 7.38. The number of aryl methyl sites for hydroxylation is 1. The summed E-state index contributed by atoms with van der Waals surface area (Å²) in [5.74, 6) is -15.9. The van der Waals surface area contributed by atoms with Crippen molar-refractivity contribution >= 4 is 27.6 Å². The molecule has 288 valence electrons. The number of carboxylic acids is 1. The Morgan fingerprint density at radius 3 is 2.02 bits per heavy atom. The Balaban J connectivity index is 1.68. The molecule has 17 heteroatoms. The fraction of sp³-hybridized carbons (Fsp3) is 0.324. The highest BCUT2D eigenvalue weighted by Crippen LogP contribution is 2.42. The third-order valence-electron chi connectivity index (χ3n) is 8.94. The number of halogens is 8. The van der Waals surface area contributed by atoms with E-state index < -0.39 is 86.3 Å². The topological polar surface area (TPSA) is 108 Å². The maximum absolute atomic E-state index is 15.1. The van der Waals surface area contributed by atoms with Crippen molar-refractivity contribution in [2.24, 2.45) is 0 Å². The van der Waals surface area contributed by atoms with E-state index in [1.807, 2.05) is 32.9 Å². The van der Waals surface area contributed by atoms with Crippen molar-refractivity contribution in [3.8, 4) is 0 Å². The number of benzene rings is 3. The maximum atomic E-state index is 15.1. The van der Waals surface area contributed by atoms with Gasteiger partial charge in [0.2, 0.25) is 21.7 Å². The second kappa shape index (κ2) is 14.7. The number of aromatic carboxylic acids is 1. The van der Waals surface area contributed by atoms with Crippen molar-refractivity contribution in [2.75, 3.05) is 11.4 Å². The normalized spacial score (nSPS) is 13.7. The molecule has 3 aromatic carbocycles. The van der Waals surface area contributed by atoms with E-state index in [-0.39, 0.29) is 39.0 Å². The molecule has 1 saturated carbocycles. The molecule has 1 fully saturated rings. The first kappa shape index (κ1) is 40.3. The number of hydrogen-bond donors (Lipinski definition) is 1. The van der Waals surface area contributed by atoms with Gasteiger partial charge in [0.1, 0.15) is 0 Å². The quantitative estimate of drug-likeness (QED) is 0.0931. The Hall–Kier alpha value is -4.90. The molecule has 1 N–H and O–H groups in total. The number of rotatable bonds is 11. The number of amides is 1. The first-order valence-corrected chi connectivity index (χ1v) is 17.8. The Morgan fingerprint density at radius 1 is 0.870 bits per heavy atom. The predicted molar refractivity (Wildman–Crippen MR) is 180 cm³/mol. The predicted octanol–water partition coefficient (Wildman–Crippen LogP) is 8.40. The summed E-state index contributed by atoms with van der Waals surface area (Å²) in [5.41, 5.74) is -0.345. The lowest BCUT2D eigenvalue weighted by Gasteiger charge is -2.30. The smallest absolute Gasteiger partial charge is 0.416 e. The summed E-state index contributed by atoms with van der Waals surface area (Å²) in [4.78, 5) is 28.3. The molecule has 0 atom stereocenters. The van der Waals surface area contributed by atoms with E-state index in [2.05, 4.69) is 4.98 Å². The highest BCUT2D eigenvalue weighted by molar-refractivity contribution is 7.89. The van der Waals surface area contributed by atoms with Gasteiger partial charge in [0.15, 0.2) is 28.2 Å². The van der Waals surface area contributed by atoms with Crippen molar-refractivity contribution < 1.29 is 58.2 Å². The number of aromatic nitrogens is 1. The van der Waals surface area contributed by atoms with Crippen LogP contribution in [0.3, 0.4) is 0 Å². The third-order valence-corrected chi connectivity index (χ3v) is 10.8. The van der Waals surface area contributed by atoms with Crippen molar-refractivity contribution in [1.29, 1.82) is 0 Å². The van der Waals surface area contributed by atoms with Gasteiger partial charge in [-0.1, -0.05) is 39.0 Å². The van der Waals surface area contributed by atoms with Crippen LogP contribution in [0.25, 0.3) is 0 Å². The lowest BCUT2D eigenvalue weighted by molar-refractivity contribution is -0.138. The largest absolute Gasteiger partial charge is 0.478 e. The lowest BCUT2D eigenvalue weighted by atomic mass is 9.84. The molecule has 0 unspecified atom stereocenters. The Kier molecular flexibility index (Phi) is 11.0. The Morgan fingerprint density at radius 2 is 1.48 bits per heavy atom. The minimum atomic E-state index is -6.02. The monoisotopic (exact) mass is 783 g/mol. The van der Waals surface area contributed by atoms with Gasteiger partial charge in [0, 0.05) is 24.6 Å². The number of hydrogen-bond acceptors (Lipinski definition) is 5. The number of alkyl halides is 3. The van der Waals surface area contributed by atoms with Gasteiger partial charge in [-0.3, -0.25) is 9.78 Å². The van der Waals surface area contributed by atoms with Gasteiger partial charge in [-0.15, -0.1) is 0 Å². The molecule has 54 heavy (non-hydrogen) atoms. The number of nitrogens with zero attached hydrogens (tertiary/aromatic N) is 3. The Labute approximate surface area is 305 Å². The molecular weight excluding hydrogens is 750 g/mol. The number of sulfonamides is 1. The summed E-state index contributed by atoms with van der Waals surface area (Å²) in [6, 6.07) is 9.72. The highest BCUT2D eigenvalue weighted by atomic mass is 32.2. The lowest BCUT2D eigenvalue weighted by Crippen LogP contribution is -2.43. The van der Waals surface area contributed by atoms with Gasteiger partial charge in [-0.05, 0) is 83.2 Å². The molecule has 1 aliphatic rings. The molecule has 0 saturated heterocycles. The number of anilines is 1. The van der Waals surface area contributed by atoms with Gasteiger partial charge in [0.25, 0.3) is 0 Å². The molecule has 1 aliphatic carbocycles. The van der Waals surface area contributed by atoms with Crippen molar-refractivity contribution in [2.45, 2.75) is 76.0 Å². The number of pyridine rings is 1. The van der Waals surface area contributed by atoms with Crippen LogP contribution in [0.15, 0.2) is 59.8 Å². The van der Waals surface area contributed by atoms with Crippen LogP contribution in [0.1, 0.15) is 83.3 Å². The van der Waals surface area contributed by atoms with Crippen LogP contribution in [-0.2, 0) is 39.5 Å². The van der Waals surface area contributed by atoms with E-state index in [0.29, 0.717) is 17.8 Å². The second-order valence-electron chi connectivity index (χ2n) is 14.0. The summed E-state index contributed by atoms with van der Waals surface area (Å²) in [6.45, 7) is 4.06. The van der Waals surface area contributed by atoms with E-state index in [9.17, 15) is 49.5 Å². The van der Waals surface area contributed by atoms with Crippen LogP contribution in [0.5, 0.6) is 0 Å². The van der Waals surface area contributed by atoms with Gasteiger partial charge in [0.05, 0.1) is 24.2 Å². The van der Waals surface area contributed by atoms with Crippen molar-refractivity contribution in [3.05, 3.63) is 123 Å². The molecule has 5 rings (SSSR count). The van der Waals surface area contributed by atoms with E-state index >= 15 is 8.78 Å². The molecular formula is C37H33F8N3O5S. The first-order chi connectivity index (χ1) is 25.0. The summed E-state index contributed by atoms with van der Waals surface area (Å²) >= 11 is 0. The molecule has 0 spiro atoms. The maximum Gasteiger partial charge on any atom is 0.416 e. The van der Waals surface area contributed by atoms with Gasteiger partial charge in [-0.2, -0.15) is 17.5 Å². The second-order valence-corrected chi connectivity index (χ2v) is 15.9. The minimum Gasteiger partial charge on any atom is -0.478 e. The number of carboxylic acid groups (broad SMARTS) is 1. The van der Waals surface area contributed by atoms with Crippen molar-refractivity contribution in [3.63, 3.8) is 0 Å². The van der Waals surface area contributed by atoms with E-state index in [4.69, 9.17) is 0 Å². The van der Waals surface area contributed by atoms with Crippen LogP contribution in [0.2, 0.25) is 0 Å². The molecule has 1 heterocycles. The zero-order valence-electron chi connectivity index (χ0n) is 29.2. The molecule has 0 bridgehead atoms. The van der Waals surface area contributed by atoms with Crippen LogP contribution >= 0.6 is 0 Å². The molecule has 1 aromatic heterocycles. The van der Waals surface area contributed by atoms with Crippen LogP contribution in [0, 0.1) is 36.0 Å². The van der Waals surface area contributed by atoms with E-state index in [0.717, 1.165) is 41.1 Å². The zero-order valence-corrected chi connectivity index (χ0v) is 30.0. The van der Waals surface area contributed by atoms with Crippen molar-refractivity contribution in [1.82, 2.24) is 9.29 Å². The summed E-state index contributed by atoms with van der Waals surface area (Å²) in [5, 5.41) is 9.54. The molecule has 0 radical (unpaired) electrons. The standard InChI is InChI=1S/C37H33F8N3O5S/c1-19-11-22(35(50)51)7-8-27(19)48(16-20-12-23(21-5-6-21)14-25(13-20)36(2,3)4)28(49)18-47(17-24-15-46-10-9-26(24)37(43,44)45)54(52,53)34-32(41)30(39)29(38)31(40)33(34)42/h7-15,21H,5-6,16-18H2,1-4H3,(H,50,51). The fourth-order valence-electron chi connectivity index (χ4n) is 5.90. The molecule has 4 aromatic rings. The van der Waals surface area contributed by atoms with Crippen LogP contribution in [0.4, 0.5) is 40.8 Å².